The van der Waals surface area contributed by atoms with E-state index in [2.05, 4.69) is 6.92 Å². The highest BCUT2D eigenvalue weighted by Gasteiger charge is 2.58. The molecule has 0 N–H and O–H groups in total. The zero-order chi connectivity index (χ0) is 6.06. The largest absolute Gasteiger partial charge is 0.458 e. The maximum Gasteiger partial charge on any atom is 0.148 e. The summed E-state index contributed by atoms with van der Waals surface area (Å²) < 4.78 is 5.38. The first-order valence-corrected chi connectivity index (χ1v) is 3.72. The molecule has 0 aromatic carbocycles. The molecule has 9 heavy (non-hydrogen) atoms. The van der Waals surface area contributed by atoms with Gasteiger partial charge in [0, 0.05) is 11.3 Å². The molecule has 0 aromatic heterocycles. The number of rotatable bonds is 0. The Morgan fingerprint density at radius 1 is 1.67 bits per heavy atom. The highest BCUT2D eigenvalue weighted by atomic mass is 16.6. The minimum atomic E-state index is 0.500. The summed E-state index contributed by atoms with van der Waals surface area (Å²) >= 11 is 0. The Morgan fingerprint density at radius 3 is 3.00 bits per heavy atom. The summed E-state index contributed by atoms with van der Waals surface area (Å²) in [5.41, 5.74) is 0.500. The van der Waals surface area contributed by atoms with Crippen molar-refractivity contribution in [2.24, 2.45) is 11.3 Å². The van der Waals surface area contributed by atoms with Gasteiger partial charge in [-0.1, -0.05) is 6.92 Å². The summed E-state index contributed by atoms with van der Waals surface area (Å²) in [6, 6.07) is 0. The number of allylic oxidation sites excluding steroid dienone is 2. The van der Waals surface area contributed by atoms with Crippen LogP contribution in [0, 0.1) is 11.3 Å². The van der Waals surface area contributed by atoms with Gasteiger partial charge in [0.25, 0.3) is 0 Å². The van der Waals surface area contributed by atoms with Crippen molar-refractivity contribution in [3.05, 3.63) is 11.5 Å². The van der Waals surface area contributed by atoms with Crippen LogP contribution in [-0.2, 0) is 4.74 Å². The molecule has 0 spiro atoms. The van der Waals surface area contributed by atoms with E-state index in [1.165, 1.54) is 30.8 Å². The van der Waals surface area contributed by atoms with Crippen LogP contribution >= 0.6 is 0 Å². The van der Waals surface area contributed by atoms with E-state index >= 15 is 0 Å². The van der Waals surface area contributed by atoms with Crippen LogP contribution in [0.15, 0.2) is 11.5 Å². The quantitative estimate of drug-likeness (QED) is 0.479. The molecule has 3 aliphatic rings. The minimum Gasteiger partial charge on any atom is -0.458 e. The molecule has 0 amide bonds. The normalized spacial score (nSPS) is 51.4. The number of hydrogen-bond donors (Lipinski definition) is 0. The Hall–Kier alpha value is -0.460. The van der Waals surface area contributed by atoms with Crippen LogP contribution in [0.2, 0.25) is 0 Å². The number of fused-ring (bicyclic) bond motifs is 4. The molecule has 2 atom stereocenters. The molecule has 0 saturated heterocycles. The van der Waals surface area contributed by atoms with Crippen LogP contribution < -0.4 is 0 Å². The van der Waals surface area contributed by atoms with E-state index < -0.39 is 0 Å². The molecule has 2 unspecified atom stereocenters. The lowest BCUT2D eigenvalue weighted by Gasteiger charge is -2.15. The van der Waals surface area contributed by atoms with Crippen LogP contribution in [0.4, 0.5) is 0 Å². The lowest BCUT2D eigenvalue weighted by molar-refractivity contribution is 0.270. The van der Waals surface area contributed by atoms with Crippen molar-refractivity contribution >= 4 is 0 Å². The molecule has 3 rings (SSSR count). The van der Waals surface area contributed by atoms with Gasteiger partial charge in [0.2, 0.25) is 0 Å². The van der Waals surface area contributed by atoms with Crippen molar-refractivity contribution in [1.82, 2.24) is 0 Å². The summed E-state index contributed by atoms with van der Waals surface area (Å²) in [6.07, 6.45) is 4.14. The lowest BCUT2D eigenvalue weighted by Crippen LogP contribution is -2.08. The first-order valence-electron chi connectivity index (χ1n) is 3.72. The van der Waals surface area contributed by atoms with Crippen LogP contribution in [-0.4, -0.2) is 0 Å². The summed E-state index contributed by atoms with van der Waals surface area (Å²) in [4.78, 5) is 0. The van der Waals surface area contributed by atoms with E-state index in [0.29, 0.717) is 5.41 Å². The van der Waals surface area contributed by atoms with E-state index in [-0.39, 0.29) is 0 Å². The van der Waals surface area contributed by atoms with Gasteiger partial charge in [-0.25, -0.2) is 0 Å². The second kappa shape index (κ2) is 0.938. The summed E-state index contributed by atoms with van der Waals surface area (Å²) in [5.74, 6) is 3.56. The van der Waals surface area contributed by atoms with E-state index in [9.17, 15) is 0 Å². The zero-order valence-electron chi connectivity index (χ0n) is 5.61. The monoisotopic (exact) mass is 122 g/mol. The smallest absolute Gasteiger partial charge is 0.148 e. The van der Waals surface area contributed by atoms with Crippen molar-refractivity contribution in [2.75, 3.05) is 0 Å². The molecule has 0 aromatic rings. The van der Waals surface area contributed by atoms with E-state index in [0.717, 1.165) is 5.92 Å². The average molecular weight is 122 g/mol. The maximum atomic E-state index is 5.38. The van der Waals surface area contributed by atoms with Crippen LogP contribution in [0.3, 0.4) is 0 Å². The number of hydrogen-bond acceptors (Lipinski definition) is 1. The molecule has 1 saturated carbocycles. The Kier molecular flexibility index (Phi) is 0.456. The average Bonchev–Trinajstić information content (AvgIpc) is 2.49. The van der Waals surface area contributed by atoms with Gasteiger partial charge in [-0.2, -0.15) is 0 Å². The third-order valence-corrected chi connectivity index (χ3v) is 3.05. The Labute approximate surface area is 54.7 Å². The van der Waals surface area contributed by atoms with Crippen molar-refractivity contribution < 1.29 is 4.74 Å². The van der Waals surface area contributed by atoms with Gasteiger partial charge < -0.3 is 4.74 Å². The molecule has 2 aliphatic carbocycles. The summed E-state index contributed by atoms with van der Waals surface area (Å²) in [5, 5.41) is 0. The van der Waals surface area contributed by atoms with Gasteiger partial charge in [0.05, 0.1) is 0 Å². The Morgan fingerprint density at radius 2 is 2.56 bits per heavy atom. The predicted octanol–water partition coefficient (Wildman–Crippen LogP) is 2.05. The predicted molar refractivity (Wildman–Crippen MR) is 33.6 cm³/mol. The maximum absolute atomic E-state index is 5.38. The van der Waals surface area contributed by atoms with E-state index in [4.69, 9.17) is 4.74 Å². The topological polar surface area (TPSA) is 12.5 Å². The Balaban J connectivity index is 2.17. The number of ether oxygens (including phenoxy) is 1. The van der Waals surface area contributed by atoms with Gasteiger partial charge in [0.15, 0.2) is 0 Å². The minimum absolute atomic E-state index is 0.500. The van der Waals surface area contributed by atoms with E-state index in [1.807, 2.05) is 0 Å². The molecule has 1 fully saturated rings. The lowest BCUT2D eigenvalue weighted by atomic mass is 9.90. The van der Waals surface area contributed by atoms with Crippen molar-refractivity contribution in [3.8, 4) is 0 Å². The fourth-order valence-electron chi connectivity index (χ4n) is 2.44. The zero-order valence-corrected chi connectivity index (χ0v) is 5.61. The van der Waals surface area contributed by atoms with Gasteiger partial charge >= 0.3 is 0 Å². The second-order valence-corrected chi connectivity index (χ2v) is 3.80. The Bertz CT molecular complexity index is 217. The first kappa shape index (κ1) is 4.37. The van der Waals surface area contributed by atoms with E-state index in [1.54, 1.807) is 0 Å². The van der Waals surface area contributed by atoms with Crippen LogP contribution in [0.1, 0.15) is 26.2 Å². The van der Waals surface area contributed by atoms with Gasteiger partial charge in [-0.15, -0.1) is 0 Å². The van der Waals surface area contributed by atoms with Gasteiger partial charge in [-0.3, -0.25) is 0 Å². The molecular formula is C8H10O. The van der Waals surface area contributed by atoms with Gasteiger partial charge in [0.1, 0.15) is 11.5 Å². The molecule has 2 bridgehead atoms. The molecule has 1 aliphatic heterocycles. The molecule has 1 nitrogen and oxygen atoms in total. The SMILES string of the molecule is CC12CCC(C1)C1=C2O1. The molecule has 1 heteroatoms. The first-order chi connectivity index (χ1) is 4.30. The van der Waals surface area contributed by atoms with Crippen molar-refractivity contribution in [3.63, 3.8) is 0 Å². The standard InChI is InChI=1S/C8H10O/c1-8-3-2-5(4-8)6-7(8)9-6/h5H,2-4H2,1H3. The van der Waals surface area contributed by atoms with Gasteiger partial charge in [-0.05, 0) is 19.3 Å². The van der Waals surface area contributed by atoms with Crippen LogP contribution in [0.5, 0.6) is 0 Å². The second-order valence-electron chi connectivity index (χ2n) is 3.80. The molecule has 48 valence electrons. The third-order valence-electron chi connectivity index (χ3n) is 3.05. The molecular weight excluding hydrogens is 112 g/mol. The van der Waals surface area contributed by atoms with Crippen molar-refractivity contribution in [2.45, 2.75) is 26.2 Å². The highest BCUT2D eigenvalue weighted by molar-refractivity contribution is 5.36. The third kappa shape index (κ3) is 0.329. The summed E-state index contributed by atoms with van der Waals surface area (Å²) in [7, 11) is 0. The molecule has 0 radical (unpaired) electrons. The fourth-order valence-corrected chi connectivity index (χ4v) is 2.44. The van der Waals surface area contributed by atoms with Crippen molar-refractivity contribution in [1.29, 1.82) is 0 Å². The highest BCUT2D eigenvalue weighted by Crippen LogP contribution is 2.65. The summed E-state index contributed by atoms with van der Waals surface area (Å²) in [6.45, 7) is 2.34. The molecule has 1 heterocycles. The van der Waals surface area contributed by atoms with Crippen LogP contribution in [0.25, 0.3) is 0 Å². The fraction of sp³-hybridized carbons (Fsp3) is 0.750.